The highest BCUT2D eigenvalue weighted by Gasteiger charge is 2.28. The van der Waals surface area contributed by atoms with Crippen LogP contribution in [0, 0.1) is 16.0 Å². The van der Waals surface area contributed by atoms with Crippen LogP contribution in [0.1, 0.15) is 45.4 Å². The van der Waals surface area contributed by atoms with Crippen LogP contribution in [-0.4, -0.2) is 11.0 Å². The van der Waals surface area contributed by atoms with Crippen LogP contribution in [-0.2, 0) is 0 Å². The van der Waals surface area contributed by atoms with Gasteiger partial charge in [-0.25, -0.2) is 0 Å². The summed E-state index contributed by atoms with van der Waals surface area (Å²) < 4.78 is 0. The first kappa shape index (κ1) is 9.49. The summed E-state index contributed by atoms with van der Waals surface area (Å²) in [5, 5.41) is 10.5. The van der Waals surface area contributed by atoms with Crippen LogP contribution >= 0.6 is 0 Å². The molecule has 0 aliphatic heterocycles. The highest BCUT2D eigenvalue weighted by molar-refractivity contribution is 4.72. The Bertz CT molecular complexity index is 157. The molecule has 70 valence electrons. The fraction of sp³-hybridized carbons (Fsp3) is 1.00. The monoisotopic (exact) mass is 171 g/mol. The Hall–Kier alpha value is -0.600. The topological polar surface area (TPSA) is 43.1 Å². The van der Waals surface area contributed by atoms with Crippen molar-refractivity contribution in [3.05, 3.63) is 10.1 Å². The molecule has 0 saturated heterocycles. The molecule has 1 rings (SSSR count). The minimum Gasteiger partial charge on any atom is -0.264 e. The van der Waals surface area contributed by atoms with Gasteiger partial charge in [0.05, 0.1) is 0 Å². The molecule has 1 aliphatic carbocycles. The quantitative estimate of drug-likeness (QED) is 0.484. The molecule has 0 spiro atoms. The summed E-state index contributed by atoms with van der Waals surface area (Å²) >= 11 is 0. The van der Waals surface area contributed by atoms with Gasteiger partial charge < -0.3 is 0 Å². The third-order valence-electron chi connectivity index (χ3n) is 2.75. The van der Waals surface area contributed by atoms with Crippen LogP contribution in [0.15, 0.2) is 0 Å². The highest BCUT2D eigenvalue weighted by Crippen LogP contribution is 2.28. The average Bonchev–Trinajstić information content (AvgIpc) is 2.05. The minimum atomic E-state index is -0.240. The zero-order chi connectivity index (χ0) is 8.97. The Balaban J connectivity index is 2.35. The van der Waals surface area contributed by atoms with E-state index in [1.54, 1.807) is 0 Å². The van der Waals surface area contributed by atoms with Crippen molar-refractivity contribution in [2.24, 2.45) is 5.92 Å². The fourth-order valence-corrected chi connectivity index (χ4v) is 2.12. The lowest BCUT2D eigenvalue weighted by Gasteiger charge is -2.23. The molecule has 0 heterocycles. The molecule has 3 heteroatoms. The molecule has 0 bridgehead atoms. The largest absolute Gasteiger partial charge is 0.264 e. The summed E-state index contributed by atoms with van der Waals surface area (Å²) in [6.45, 7) is 2.15. The predicted octanol–water partition coefficient (Wildman–Crippen LogP) is 2.62. The van der Waals surface area contributed by atoms with E-state index in [-0.39, 0.29) is 11.0 Å². The minimum absolute atomic E-state index is 0.0954. The van der Waals surface area contributed by atoms with Gasteiger partial charge in [-0.2, -0.15) is 0 Å². The second-order valence-corrected chi connectivity index (χ2v) is 3.76. The van der Waals surface area contributed by atoms with E-state index < -0.39 is 0 Å². The second-order valence-electron chi connectivity index (χ2n) is 3.76. The van der Waals surface area contributed by atoms with Gasteiger partial charge in [0.2, 0.25) is 6.04 Å². The fourth-order valence-electron chi connectivity index (χ4n) is 2.12. The SMILES string of the molecule is CCCC1CCCC([N+](=O)[O-])C1. The lowest BCUT2D eigenvalue weighted by molar-refractivity contribution is -0.528. The van der Waals surface area contributed by atoms with Crippen LogP contribution in [0.4, 0.5) is 0 Å². The summed E-state index contributed by atoms with van der Waals surface area (Å²) in [7, 11) is 0. The molecule has 1 fully saturated rings. The second kappa shape index (κ2) is 4.43. The lowest BCUT2D eigenvalue weighted by atomic mass is 9.83. The Morgan fingerprint density at radius 2 is 2.25 bits per heavy atom. The van der Waals surface area contributed by atoms with Gasteiger partial charge >= 0.3 is 0 Å². The first-order chi connectivity index (χ1) is 5.74. The Kier molecular flexibility index (Phi) is 3.50. The molecular weight excluding hydrogens is 154 g/mol. The molecule has 0 aromatic carbocycles. The van der Waals surface area contributed by atoms with Crippen molar-refractivity contribution in [1.82, 2.24) is 0 Å². The number of hydrogen-bond donors (Lipinski definition) is 0. The van der Waals surface area contributed by atoms with Gasteiger partial charge in [0, 0.05) is 17.8 Å². The van der Waals surface area contributed by atoms with Gasteiger partial charge in [-0.05, 0) is 18.8 Å². The number of hydrogen-bond acceptors (Lipinski definition) is 2. The Morgan fingerprint density at radius 1 is 1.50 bits per heavy atom. The summed E-state index contributed by atoms with van der Waals surface area (Å²) in [5.41, 5.74) is 0. The molecule has 1 saturated carbocycles. The molecule has 0 radical (unpaired) electrons. The predicted molar refractivity (Wildman–Crippen MR) is 47.6 cm³/mol. The van der Waals surface area contributed by atoms with Gasteiger partial charge in [-0.15, -0.1) is 0 Å². The summed E-state index contributed by atoms with van der Waals surface area (Å²) in [6.07, 6.45) is 6.21. The van der Waals surface area contributed by atoms with E-state index in [1.165, 1.54) is 12.8 Å². The van der Waals surface area contributed by atoms with Gasteiger partial charge in [-0.1, -0.05) is 19.8 Å². The molecular formula is C9H17NO2. The van der Waals surface area contributed by atoms with Crippen molar-refractivity contribution >= 4 is 0 Å². The standard InChI is InChI=1S/C9H17NO2/c1-2-4-8-5-3-6-9(7-8)10(11)12/h8-9H,2-7H2,1H3. The number of nitrogens with zero attached hydrogens (tertiary/aromatic N) is 1. The van der Waals surface area contributed by atoms with Crippen LogP contribution in [0.2, 0.25) is 0 Å². The van der Waals surface area contributed by atoms with Gasteiger partial charge in [0.1, 0.15) is 0 Å². The number of rotatable bonds is 3. The van der Waals surface area contributed by atoms with Crippen molar-refractivity contribution in [2.75, 3.05) is 0 Å². The first-order valence-corrected chi connectivity index (χ1v) is 4.87. The zero-order valence-corrected chi connectivity index (χ0v) is 7.66. The third-order valence-corrected chi connectivity index (χ3v) is 2.75. The van der Waals surface area contributed by atoms with Gasteiger partial charge in [0.15, 0.2) is 0 Å². The van der Waals surface area contributed by atoms with Gasteiger partial charge in [-0.3, -0.25) is 10.1 Å². The normalized spacial score (nSPS) is 30.1. The number of nitro groups is 1. The first-order valence-electron chi connectivity index (χ1n) is 4.87. The summed E-state index contributed by atoms with van der Waals surface area (Å²) in [5.74, 6) is 0.624. The molecule has 0 N–H and O–H groups in total. The van der Waals surface area contributed by atoms with E-state index in [2.05, 4.69) is 6.92 Å². The van der Waals surface area contributed by atoms with Crippen molar-refractivity contribution in [2.45, 2.75) is 51.5 Å². The molecule has 2 unspecified atom stereocenters. The summed E-state index contributed by atoms with van der Waals surface area (Å²) in [4.78, 5) is 10.4. The van der Waals surface area contributed by atoms with Crippen molar-refractivity contribution in [3.63, 3.8) is 0 Å². The van der Waals surface area contributed by atoms with Gasteiger partial charge in [0.25, 0.3) is 0 Å². The average molecular weight is 171 g/mol. The lowest BCUT2D eigenvalue weighted by Crippen LogP contribution is -2.27. The highest BCUT2D eigenvalue weighted by atomic mass is 16.6. The van der Waals surface area contributed by atoms with Crippen LogP contribution in [0.3, 0.4) is 0 Å². The van der Waals surface area contributed by atoms with Crippen LogP contribution in [0.25, 0.3) is 0 Å². The maximum atomic E-state index is 10.5. The van der Waals surface area contributed by atoms with Crippen molar-refractivity contribution < 1.29 is 4.92 Å². The molecule has 0 aromatic rings. The Labute approximate surface area is 73.3 Å². The molecule has 12 heavy (non-hydrogen) atoms. The van der Waals surface area contributed by atoms with E-state index in [0.717, 1.165) is 25.7 Å². The van der Waals surface area contributed by atoms with Crippen LogP contribution < -0.4 is 0 Å². The van der Waals surface area contributed by atoms with Crippen molar-refractivity contribution in [3.8, 4) is 0 Å². The smallest absolute Gasteiger partial charge is 0.213 e. The maximum Gasteiger partial charge on any atom is 0.213 e. The molecule has 0 aromatic heterocycles. The molecule has 3 nitrogen and oxygen atoms in total. The van der Waals surface area contributed by atoms with E-state index in [4.69, 9.17) is 0 Å². The molecule has 1 aliphatic rings. The molecule has 0 amide bonds. The van der Waals surface area contributed by atoms with Crippen molar-refractivity contribution in [1.29, 1.82) is 0 Å². The zero-order valence-electron chi connectivity index (χ0n) is 7.66. The van der Waals surface area contributed by atoms with E-state index >= 15 is 0 Å². The third kappa shape index (κ3) is 2.47. The Morgan fingerprint density at radius 3 is 2.83 bits per heavy atom. The molecule has 2 atom stereocenters. The van der Waals surface area contributed by atoms with E-state index in [1.807, 2.05) is 0 Å². The maximum absolute atomic E-state index is 10.5. The van der Waals surface area contributed by atoms with E-state index in [0.29, 0.717) is 5.92 Å². The summed E-state index contributed by atoms with van der Waals surface area (Å²) in [6, 6.07) is -0.240. The van der Waals surface area contributed by atoms with E-state index in [9.17, 15) is 10.1 Å². The van der Waals surface area contributed by atoms with Crippen LogP contribution in [0.5, 0.6) is 0 Å².